The van der Waals surface area contributed by atoms with E-state index in [1.807, 2.05) is 60.7 Å². The Morgan fingerprint density at radius 1 is 1.06 bits per heavy atom. The van der Waals surface area contributed by atoms with Crippen LogP contribution in [-0.4, -0.2) is 23.5 Å². The molecule has 0 bridgehead atoms. The van der Waals surface area contributed by atoms with E-state index in [1.165, 1.54) is 4.90 Å². The minimum atomic E-state index is -0.538. The van der Waals surface area contributed by atoms with Crippen molar-refractivity contribution in [3.8, 4) is 5.75 Å². The maximum atomic E-state index is 13.4. The van der Waals surface area contributed by atoms with E-state index >= 15 is 0 Å². The fourth-order valence-electron chi connectivity index (χ4n) is 3.62. The fraction of sp³-hybridized carbons (Fsp3) is 0.115. The van der Waals surface area contributed by atoms with Gasteiger partial charge in [0.2, 0.25) is 0 Å². The number of thiocarbonyl (C=S) groups is 1. The second-order valence-corrected chi connectivity index (χ2v) is 7.66. The predicted octanol–water partition coefficient (Wildman–Crippen LogP) is 4.80. The van der Waals surface area contributed by atoms with Crippen molar-refractivity contribution in [2.75, 3.05) is 11.5 Å². The van der Waals surface area contributed by atoms with Gasteiger partial charge in [-0.15, -0.1) is 0 Å². The molecule has 1 saturated heterocycles. The van der Waals surface area contributed by atoms with E-state index in [0.29, 0.717) is 23.6 Å². The lowest BCUT2D eigenvalue weighted by molar-refractivity contribution is -0.122. The minimum absolute atomic E-state index is 0.0158. The van der Waals surface area contributed by atoms with Crippen molar-refractivity contribution in [2.45, 2.75) is 13.3 Å². The van der Waals surface area contributed by atoms with Crippen LogP contribution in [0.15, 0.2) is 78.9 Å². The van der Waals surface area contributed by atoms with Crippen LogP contribution in [0.25, 0.3) is 16.8 Å². The molecule has 1 aliphatic rings. The summed E-state index contributed by atoms with van der Waals surface area (Å²) >= 11 is 5.31. The molecule has 6 heteroatoms. The van der Waals surface area contributed by atoms with E-state index in [9.17, 15) is 9.59 Å². The third-order valence-electron chi connectivity index (χ3n) is 5.28. The molecule has 3 aromatic carbocycles. The summed E-state index contributed by atoms with van der Waals surface area (Å²) in [6.45, 7) is 6.05. The molecule has 0 aliphatic carbocycles. The van der Waals surface area contributed by atoms with Crippen LogP contribution in [0.5, 0.6) is 5.75 Å². The van der Waals surface area contributed by atoms with Gasteiger partial charge < -0.3 is 4.74 Å². The molecule has 5 nitrogen and oxygen atoms in total. The second kappa shape index (κ2) is 9.16. The standard InChI is InChI=1S/C26H22N2O3S/c1-3-15-31-23-14-11-18-7-5-6-8-20(18)21(23)16-22-24(29)27-26(32)28(25(22)30)19-12-9-17(4-2)10-13-19/h3,5-14,16H,1,4,15H2,2H3,(H,27,29,32)/b22-16+. The topological polar surface area (TPSA) is 58.6 Å². The van der Waals surface area contributed by atoms with Gasteiger partial charge in [-0.05, 0) is 59.2 Å². The van der Waals surface area contributed by atoms with Crippen LogP contribution in [-0.2, 0) is 16.0 Å². The predicted molar refractivity (Wildman–Crippen MR) is 132 cm³/mol. The Kier molecular flexibility index (Phi) is 6.14. The zero-order valence-electron chi connectivity index (χ0n) is 17.6. The zero-order valence-corrected chi connectivity index (χ0v) is 18.4. The highest BCUT2D eigenvalue weighted by Crippen LogP contribution is 2.32. The highest BCUT2D eigenvalue weighted by Gasteiger charge is 2.34. The molecule has 0 atom stereocenters. The molecule has 0 unspecified atom stereocenters. The number of hydrogen-bond donors (Lipinski definition) is 1. The summed E-state index contributed by atoms with van der Waals surface area (Å²) in [7, 11) is 0. The first kappa shape index (κ1) is 21.5. The van der Waals surface area contributed by atoms with Crippen molar-refractivity contribution >= 4 is 51.7 Å². The number of rotatable bonds is 6. The van der Waals surface area contributed by atoms with Gasteiger partial charge in [-0.3, -0.25) is 19.8 Å². The molecule has 1 aliphatic heterocycles. The van der Waals surface area contributed by atoms with Gasteiger partial charge in [0, 0.05) is 5.56 Å². The first-order chi connectivity index (χ1) is 15.5. The monoisotopic (exact) mass is 442 g/mol. The fourth-order valence-corrected chi connectivity index (χ4v) is 3.90. The second-order valence-electron chi connectivity index (χ2n) is 7.28. The summed E-state index contributed by atoms with van der Waals surface area (Å²) in [5.41, 5.74) is 2.38. The number of anilines is 1. The van der Waals surface area contributed by atoms with Crippen LogP contribution >= 0.6 is 12.2 Å². The molecule has 1 fully saturated rings. The number of aryl methyl sites for hydroxylation is 1. The summed E-state index contributed by atoms with van der Waals surface area (Å²) in [5, 5.41) is 4.54. The third kappa shape index (κ3) is 4.05. The van der Waals surface area contributed by atoms with Crippen molar-refractivity contribution in [3.05, 3.63) is 90.0 Å². The molecule has 2 amide bonds. The zero-order chi connectivity index (χ0) is 22.7. The molecule has 0 spiro atoms. The van der Waals surface area contributed by atoms with Gasteiger partial charge in [0.1, 0.15) is 17.9 Å². The Bertz CT molecular complexity index is 1260. The number of ether oxygens (including phenoxy) is 1. The van der Waals surface area contributed by atoms with Crippen LogP contribution in [0.4, 0.5) is 5.69 Å². The number of carbonyl (C=O) groups is 2. The number of carbonyl (C=O) groups excluding carboxylic acids is 2. The third-order valence-corrected chi connectivity index (χ3v) is 5.57. The van der Waals surface area contributed by atoms with E-state index in [2.05, 4.69) is 18.8 Å². The normalized spacial score (nSPS) is 15.2. The molecular formula is C26H22N2O3S. The lowest BCUT2D eigenvalue weighted by Gasteiger charge is -2.29. The SMILES string of the molecule is C=CCOc1ccc2ccccc2c1/C=C1\C(=O)NC(=S)N(c2ccc(CC)cc2)C1=O. The highest BCUT2D eigenvalue weighted by atomic mass is 32.1. The largest absolute Gasteiger partial charge is 0.489 e. The summed E-state index contributed by atoms with van der Waals surface area (Å²) in [6.07, 6.45) is 4.10. The maximum absolute atomic E-state index is 13.4. The molecule has 32 heavy (non-hydrogen) atoms. The van der Waals surface area contributed by atoms with Gasteiger partial charge in [0.15, 0.2) is 5.11 Å². The van der Waals surface area contributed by atoms with Gasteiger partial charge in [-0.1, -0.05) is 62.0 Å². The average molecular weight is 443 g/mol. The van der Waals surface area contributed by atoms with Crippen LogP contribution in [0.2, 0.25) is 0 Å². The van der Waals surface area contributed by atoms with E-state index in [1.54, 1.807) is 12.2 Å². The van der Waals surface area contributed by atoms with Crippen LogP contribution in [0, 0.1) is 0 Å². The molecule has 1 N–H and O–H groups in total. The molecule has 0 aromatic heterocycles. The van der Waals surface area contributed by atoms with Crippen molar-refractivity contribution in [1.82, 2.24) is 5.32 Å². The lowest BCUT2D eigenvalue weighted by Crippen LogP contribution is -2.54. The molecule has 160 valence electrons. The van der Waals surface area contributed by atoms with Crippen molar-refractivity contribution in [2.24, 2.45) is 0 Å². The molecule has 0 radical (unpaired) electrons. The van der Waals surface area contributed by atoms with Crippen molar-refractivity contribution in [1.29, 1.82) is 0 Å². The van der Waals surface area contributed by atoms with E-state index in [0.717, 1.165) is 22.8 Å². The summed E-state index contributed by atoms with van der Waals surface area (Å²) in [4.78, 5) is 27.6. The maximum Gasteiger partial charge on any atom is 0.270 e. The molecular weight excluding hydrogens is 420 g/mol. The van der Waals surface area contributed by atoms with Crippen LogP contribution < -0.4 is 15.0 Å². The van der Waals surface area contributed by atoms with E-state index in [-0.39, 0.29) is 10.7 Å². The highest BCUT2D eigenvalue weighted by molar-refractivity contribution is 7.80. The number of amides is 2. The Morgan fingerprint density at radius 2 is 1.81 bits per heavy atom. The van der Waals surface area contributed by atoms with Crippen molar-refractivity contribution < 1.29 is 14.3 Å². The first-order valence-electron chi connectivity index (χ1n) is 10.3. The first-order valence-corrected chi connectivity index (χ1v) is 10.7. The summed E-state index contributed by atoms with van der Waals surface area (Å²) in [5.74, 6) is -0.460. The average Bonchev–Trinajstić information content (AvgIpc) is 2.81. The van der Waals surface area contributed by atoms with Gasteiger partial charge in [0.05, 0.1) is 5.69 Å². The quantitative estimate of drug-likeness (QED) is 0.258. The molecule has 0 saturated carbocycles. The van der Waals surface area contributed by atoms with Gasteiger partial charge in [0.25, 0.3) is 11.8 Å². The van der Waals surface area contributed by atoms with Crippen LogP contribution in [0.1, 0.15) is 18.1 Å². The Labute approximate surface area is 192 Å². The van der Waals surface area contributed by atoms with E-state index < -0.39 is 11.8 Å². The summed E-state index contributed by atoms with van der Waals surface area (Å²) in [6, 6.07) is 19.0. The van der Waals surface area contributed by atoms with Crippen LogP contribution in [0.3, 0.4) is 0 Å². The Hall–Kier alpha value is -3.77. The van der Waals surface area contributed by atoms with Gasteiger partial charge >= 0.3 is 0 Å². The lowest BCUT2D eigenvalue weighted by atomic mass is 9.99. The van der Waals surface area contributed by atoms with Crippen molar-refractivity contribution in [3.63, 3.8) is 0 Å². The molecule has 1 heterocycles. The van der Waals surface area contributed by atoms with Gasteiger partial charge in [-0.25, -0.2) is 0 Å². The number of nitrogens with zero attached hydrogens (tertiary/aromatic N) is 1. The number of nitrogens with one attached hydrogen (secondary N) is 1. The number of fused-ring (bicyclic) bond motifs is 1. The van der Waals surface area contributed by atoms with Gasteiger partial charge in [-0.2, -0.15) is 0 Å². The smallest absolute Gasteiger partial charge is 0.270 e. The Balaban J connectivity index is 1.82. The number of benzene rings is 3. The Morgan fingerprint density at radius 3 is 2.53 bits per heavy atom. The summed E-state index contributed by atoms with van der Waals surface area (Å²) < 4.78 is 5.82. The molecule has 4 rings (SSSR count). The molecule has 3 aromatic rings. The number of hydrogen-bond acceptors (Lipinski definition) is 4. The van der Waals surface area contributed by atoms with E-state index in [4.69, 9.17) is 17.0 Å². The minimum Gasteiger partial charge on any atom is -0.489 e.